The molecule has 0 saturated carbocycles. The number of rotatable bonds is 1. The van der Waals surface area contributed by atoms with Gasteiger partial charge in [-0.1, -0.05) is 18.2 Å². The van der Waals surface area contributed by atoms with E-state index in [1.54, 1.807) is 34.1 Å². The molecule has 2 aromatic heterocycles. The Balaban J connectivity index is 2.47. The molecule has 78 valence electrons. The Morgan fingerprint density at radius 1 is 1.06 bits per heavy atom. The minimum atomic E-state index is -0.0725. The van der Waals surface area contributed by atoms with Crippen molar-refractivity contribution < 1.29 is 0 Å². The van der Waals surface area contributed by atoms with Gasteiger partial charge in [-0.15, -0.1) is 0 Å². The van der Waals surface area contributed by atoms with Gasteiger partial charge in [-0.25, -0.2) is 14.3 Å². The summed E-state index contributed by atoms with van der Waals surface area (Å²) in [5, 5.41) is 1.02. The fourth-order valence-corrected chi connectivity index (χ4v) is 1.78. The van der Waals surface area contributed by atoms with Crippen LogP contribution in [-0.2, 0) is 0 Å². The molecule has 4 nitrogen and oxygen atoms in total. The summed E-state index contributed by atoms with van der Waals surface area (Å²) in [6, 6.07) is 11.1. The first-order chi connectivity index (χ1) is 7.86. The van der Waals surface area contributed by atoms with Crippen molar-refractivity contribution in [2.45, 2.75) is 0 Å². The van der Waals surface area contributed by atoms with Gasteiger partial charge >= 0.3 is 0 Å². The normalized spacial score (nSPS) is 10.8. The van der Waals surface area contributed by atoms with E-state index in [1.165, 1.54) is 0 Å². The van der Waals surface area contributed by atoms with Gasteiger partial charge in [0.25, 0.3) is 5.56 Å². The van der Waals surface area contributed by atoms with E-state index < -0.39 is 0 Å². The third kappa shape index (κ3) is 1.24. The van der Waals surface area contributed by atoms with Crippen molar-refractivity contribution in [3.05, 3.63) is 65.5 Å². The number of hydrogen-bond acceptors (Lipinski definition) is 2. The van der Waals surface area contributed by atoms with E-state index in [2.05, 4.69) is 4.98 Å². The van der Waals surface area contributed by atoms with E-state index in [0.29, 0.717) is 0 Å². The van der Waals surface area contributed by atoms with Gasteiger partial charge in [0.15, 0.2) is 0 Å². The van der Waals surface area contributed by atoms with E-state index in [9.17, 15) is 4.79 Å². The monoisotopic (exact) mass is 211 g/mol. The smallest absolute Gasteiger partial charge is 0.267 e. The van der Waals surface area contributed by atoms with Crippen LogP contribution in [0.3, 0.4) is 0 Å². The van der Waals surface area contributed by atoms with Crippen LogP contribution < -0.4 is 5.56 Å². The van der Waals surface area contributed by atoms with Crippen molar-refractivity contribution in [3.8, 4) is 0 Å². The Morgan fingerprint density at radius 2 is 1.94 bits per heavy atom. The summed E-state index contributed by atoms with van der Waals surface area (Å²) < 4.78 is 3.26. The summed E-state index contributed by atoms with van der Waals surface area (Å²) in [7, 11) is 0. The molecule has 1 aromatic carbocycles. The van der Waals surface area contributed by atoms with Crippen molar-refractivity contribution in [2.24, 2.45) is 0 Å². The largest absolute Gasteiger partial charge is 0.270 e. The second-order valence-corrected chi connectivity index (χ2v) is 3.48. The average Bonchev–Trinajstić information content (AvgIpc) is 2.82. The molecule has 0 aliphatic carbocycles. The molecular formula is C12H9N3O. The van der Waals surface area contributed by atoms with Crippen molar-refractivity contribution in [1.29, 1.82) is 0 Å². The predicted octanol–water partition coefficient (Wildman–Crippen LogP) is 1.51. The summed E-state index contributed by atoms with van der Waals surface area (Å²) in [4.78, 5) is 15.8. The van der Waals surface area contributed by atoms with Crippen molar-refractivity contribution in [3.63, 3.8) is 0 Å². The highest BCUT2D eigenvalue weighted by Crippen LogP contribution is 2.10. The third-order valence-electron chi connectivity index (χ3n) is 2.50. The van der Waals surface area contributed by atoms with Gasteiger partial charge in [0.2, 0.25) is 0 Å². The Morgan fingerprint density at radius 3 is 2.75 bits per heavy atom. The second kappa shape index (κ2) is 3.34. The van der Waals surface area contributed by atoms with Crippen LogP contribution in [0.25, 0.3) is 10.9 Å². The average molecular weight is 211 g/mol. The van der Waals surface area contributed by atoms with Gasteiger partial charge in [-0.3, -0.25) is 4.79 Å². The first-order valence-corrected chi connectivity index (χ1v) is 4.96. The van der Waals surface area contributed by atoms with Gasteiger partial charge in [0, 0.05) is 23.8 Å². The number of nitrogens with zero attached hydrogens (tertiary/aromatic N) is 3. The van der Waals surface area contributed by atoms with Crippen molar-refractivity contribution >= 4 is 10.9 Å². The lowest BCUT2D eigenvalue weighted by Gasteiger charge is -2.09. The molecule has 0 radical (unpaired) electrons. The number of para-hydroxylation sites is 1. The second-order valence-electron chi connectivity index (χ2n) is 3.48. The summed E-state index contributed by atoms with van der Waals surface area (Å²) in [5.41, 5.74) is 0.796. The lowest BCUT2D eigenvalue weighted by molar-refractivity contribution is 0.657. The molecule has 2 heterocycles. The van der Waals surface area contributed by atoms with Crippen LogP contribution >= 0.6 is 0 Å². The zero-order chi connectivity index (χ0) is 11.0. The molecule has 0 N–H and O–H groups in total. The number of hydrogen-bond donors (Lipinski definition) is 0. The lowest BCUT2D eigenvalue weighted by Crippen LogP contribution is -2.24. The first-order valence-electron chi connectivity index (χ1n) is 4.96. The molecule has 4 heteroatoms. The first kappa shape index (κ1) is 8.91. The zero-order valence-corrected chi connectivity index (χ0v) is 8.45. The molecule has 3 rings (SSSR count). The highest BCUT2D eigenvalue weighted by Gasteiger charge is 2.02. The van der Waals surface area contributed by atoms with Crippen molar-refractivity contribution in [1.82, 2.24) is 14.3 Å². The van der Waals surface area contributed by atoms with Crippen LogP contribution in [-0.4, -0.2) is 14.3 Å². The van der Waals surface area contributed by atoms with E-state index in [-0.39, 0.29) is 5.56 Å². The van der Waals surface area contributed by atoms with Gasteiger partial charge in [-0.05, 0) is 12.1 Å². The Hall–Kier alpha value is -2.36. The molecule has 0 spiro atoms. The number of imidazole rings is 1. The van der Waals surface area contributed by atoms with Crippen LogP contribution in [0.2, 0.25) is 0 Å². The molecular weight excluding hydrogens is 202 g/mol. The molecule has 0 amide bonds. The topological polar surface area (TPSA) is 39.8 Å². The highest BCUT2D eigenvalue weighted by atomic mass is 16.1. The highest BCUT2D eigenvalue weighted by molar-refractivity contribution is 5.78. The molecule has 16 heavy (non-hydrogen) atoms. The van der Waals surface area contributed by atoms with Gasteiger partial charge < -0.3 is 0 Å². The Kier molecular flexibility index (Phi) is 1.86. The maximum Gasteiger partial charge on any atom is 0.270 e. The predicted molar refractivity (Wildman–Crippen MR) is 61.2 cm³/mol. The van der Waals surface area contributed by atoms with Crippen LogP contribution in [0.4, 0.5) is 0 Å². The lowest BCUT2D eigenvalue weighted by atomic mass is 10.2. The van der Waals surface area contributed by atoms with Gasteiger partial charge in [0.05, 0.1) is 5.52 Å². The van der Waals surface area contributed by atoms with Gasteiger partial charge in [-0.2, -0.15) is 0 Å². The van der Waals surface area contributed by atoms with Crippen molar-refractivity contribution in [2.75, 3.05) is 0 Å². The third-order valence-corrected chi connectivity index (χ3v) is 2.50. The summed E-state index contributed by atoms with van der Waals surface area (Å²) >= 11 is 0. The van der Waals surface area contributed by atoms with Crippen LogP contribution in [0, 0.1) is 0 Å². The van der Waals surface area contributed by atoms with Crippen LogP contribution in [0.15, 0.2) is 59.9 Å². The number of aromatic nitrogens is 3. The van der Waals surface area contributed by atoms with Crippen LogP contribution in [0.5, 0.6) is 0 Å². The SMILES string of the molecule is O=c1ccc2ccccc2n1-n1ccnc1. The molecule has 0 saturated heterocycles. The van der Waals surface area contributed by atoms with Crippen LogP contribution in [0.1, 0.15) is 0 Å². The summed E-state index contributed by atoms with van der Waals surface area (Å²) in [6.45, 7) is 0. The Labute approximate surface area is 91.4 Å². The molecule has 0 bridgehead atoms. The molecule has 0 atom stereocenters. The van der Waals surface area contributed by atoms with E-state index in [0.717, 1.165) is 10.9 Å². The number of pyridine rings is 1. The van der Waals surface area contributed by atoms with Gasteiger partial charge in [0.1, 0.15) is 6.33 Å². The quantitative estimate of drug-likeness (QED) is 0.612. The zero-order valence-electron chi connectivity index (χ0n) is 8.45. The minimum Gasteiger partial charge on any atom is -0.267 e. The fourth-order valence-electron chi connectivity index (χ4n) is 1.78. The van der Waals surface area contributed by atoms with E-state index >= 15 is 0 Å². The Bertz CT molecular complexity index is 683. The van der Waals surface area contributed by atoms with E-state index in [4.69, 9.17) is 0 Å². The molecule has 0 aliphatic rings. The number of benzene rings is 1. The maximum atomic E-state index is 11.8. The molecule has 0 aliphatic heterocycles. The minimum absolute atomic E-state index is 0.0725. The standard InChI is InChI=1S/C12H9N3O/c16-12-6-5-10-3-1-2-4-11(10)15(12)14-8-7-13-9-14/h1-9H. The molecule has 0 fully saturated rings. The molecule has 3 aromatic rings. The summed E-state index contributed by atoms with van der Waals surface area (Å²) in [6.07, 6.45) is 5.00. The maximum absolute atomic E-state index is 11.8. The van der Waals surface area contributed by atoms with E-state index in [1.807, 2.05) is 30.3 Å². The number of fused-ring (bicyclic) bond motifs is 1. The molecule has 0 unspecified atom stereocenters. The fraction of sp³-hybridized carbons (Fsp3) is 0. The summed E-state index contributed by atoms with van der Waals surface area (Å²) in [5.74, 6) is 0.